The minimum Gasteiger partial charge on any atom is -0.379 e. The Morgan fingerprint density at radius 2 is 1.90 bits per heavy atom. The van der Waals surface area contributed by atoms with E-state index in [9.17, 15) is 19.2 Å². The predicted molar refractivity (Wildman–Crippen MR) is 161 cm³/mol. The van der Waals surface area contributed by atoms with E-state index in [1.807, 2.05) is 26.2 Å². The molecule has 0 saturated carbocycles. The van der Waals surface area contributed by atoms with Gasteiger partial charge in [0.15, 0.2) is 0 Å². The Morgan fingerprint density at radius 1 is 1.21 bits per heavy atom. The molecule has 1 aliphatic heterocycles. The fourth-order valence-electron chi connectivity index (χ4n) is 5.50. The average molecular weight is 611 g/mol. The van der Waals surface area contributed by atoms with Crippen LogP contribution in [-0.2, 0) is 35.2 Å². The molecule has 1 saturated heterocycles. The molecule has 0 radical (unpaired) electrons. The SMILES string of the molecule is CC[C@H](C)[C@@H]([C@@H](CC(=O)N1CCC[C@H]1[C@H](OC)[C@@H](C)C(=O)NCc1nccs1)OC)N(C)C(=O)CNC(=O)C(C)(C)N. The maximum absolute atomic E-state index is 13.8. The van der Waals surface area contributed by atoms with Crippen molar-refractivity contribution in [3.8, 4) is 0 Å². The Hall–Kier alpha value is -2.61. The highest BCUT2D eigenvalue weighted by Gasteiger charge is 2.42. The first-order chi connectivity index (χ1) is 19.8. The van der Waals surface area contributed by atoms with Gasteiger partial charge >= 0.3 is 0 Å². The third kappa shape index (κ3) is 9.45. The minimum absolute atomic E-state index is 0.0148. The Bertz CT molecular complexity index is 1030. The maximum atomic E-state index is 13.8. The second-order valence-corrected chi connectivity index (χ2v) is 12.7. The average Bonchev–Trinajstić information content (AvgIpc) is 3.66. The van der Waals surface area contributed by atoms with Gasteiger partial charge in [0.25, 0.3) is 0 Å². The van der Waals surface area contributed by atoms with Crippen molar-refractivity contribution in [3.05, 3.63) is 16.6 Å². The van der Waals surface area contributed by atoms with Crippen LogP contribution >= 0.6 is 11.3 Å². The highest BCUT2D eigenvalue weighted by Crippen LogP contribution is 2.29. The zero-order chi connectivity index (χ0) is 31.6. The number of amides is 4. The number of nitrogens with two attached hydrogens (primary N) is 1. The molecular weight excluding hydrogens is 560 g/mol. The molecule has 238 valence electrons. The standard InChI is InChI=1S/C29H50N6O6S/c1-9-18(2)25(34(6)24(37)17-33-28(39)29(4,5)30)21(40-7)15-23(36)35-13-10-11-20(35)26(41-8)19(3)27(38)32-16-22-31-12-14-42-22/h12,14,18-21,25-26H,9-11,13,15-17,30H2,1-8H3,(H,32,38)(H,33,39)/t18-,19+,20-,21+,25-,26+/m0/s1. The lowest BCUT2D eigenvalue weighted by Gasteiger charge is -2.39. The first kappa shape index (κ1) is 35.6. The normalized spacial score (nSPS) is 19.0. The number of methoxy groups -OCH3 is 2. The van der Waals surface area contributed by atoms with Gasteiger partial charge in [0.05, 0.1) is 55.3 Å². The summed E-state index contributed by atoms with van der Waals surface area (Å²) in [6, 6.07) is -0.675. The van der Waals surface area contributed by atoms with Crippen LogP contribution in [0.3, 0.4) is 0 Å². The smallest absolute Gasteiger partial charge is 0.242 e. The van der Waals surface area contributed by atoms with Crippen LogP contribution in [0.4, 0.5) is 0 Å². The number of likely N-dealkylation sites (N-methyl/N-ethyl adjacent to an activating group) is 1. The number of carbonyl (C=O) groups excluding carboxylic acids is 4. The lowest BCUT2D eigenvalue weighted by Crippen LogP contribution is -2.55. The van der Waals surface area contributed by atoms with Crippen LogP contribution in [0.5, 0.6) is 0 Å². The van der Waals surface area contributed by atoms with Gasteiger partial charge in [-0.05, 0) is 32.6 Å². The van der Waals surface area contributed by atoms with E-state index >= 15 is 0 Å². The number of likely N-dealkylation sites (tertiary alicyclic amines) is 1. The van der Waals surface area contributed by atoms with E-state index in [2.05, 4.69) is 15.6 Å². The van der Waals surface area contributed by atoms with Gasteiger partial charge in [-0.15, -0.1) is 11.3 Å². The van der Waals surface area contributed by atoms with Gasteiger partial charge in [-0.25, -0.2) is 4.98 Å². The molecule has 2 rings (SSSR count). The Labute approximate surface area is 254 Å². The van der Waals surface area contributed by atoms with Gasteiger partial charge in [0, 0.05) is 39.4 Å². The van der Waals surface area contributed by atoms with E-state index in [1.54, 1.807) is 51.1 Å². The van der Waals surface area contributed by atoms with Gasteiger partial charge in [0.1, 0.15) is 5.01 Å². The quantitative estimate of drug-likeness (QED) is 0.255. The number of ether oxygens (including phenoxy) is 2. The predicted octanol–water partition coefficient (Wildman–Crippen LogP) is 1.53. The molecule has 1 aliphatic rings. The number of nitrogens with one attached hydrogen (secondary N) is 2. The van der Waals surface area contributed by atoms with Crippen molar-refractivity contribution in [2.75, 3.05) is 34.4 Å². The monoisotopic (exact) mass is 610 g/mol. The molecule has 0 aliphatic carbocycles. The zero-order valence-electron chi connectivity index (χ0n) is 26.3. The summed E-state index contributed by atoms with van der Waals surface area (Å²) in [6.45, 7) is 9.67. The highest BCUT2D eigenvalue weighted by molar-refractivity contribution is 7.09. The van der Waals surface area contributed by atoms with Crippen molar-refractivity contribution < 1.29 is 28.7 Å². The molecular formula is C29H50N6O6S. The molecule has 1 aromatic rings. The van der Waals surface area contributed by atoms with Crippen molar-refractivity contribution in [2.24, 2.45) is 17.6 Å². The molecule has 4 amide bonds. The van der Waals surface area contributed by atoms with Gasteiger partial charge in [-0.2, -0.15) is 0 Å². The fourth-order valence-corrected chi connectivity index (χ4v) is 6.05. The Kier molecular flexibility index (Phi) is 13.8. The summed E-state index contributed by atoms with van der Waals surface area (Å²) in [5.41, 5.74) is 4.73. The van der Waals surface area contributed by atoms with E-state index in [4.69, 9.17) is 15.2 Å². The third-order valence-corrected chi connectivity index (χ3v) is 8.97. The van der Waals surface area contributed by atoms with E-state index < -0.39 is 35.6 Å². The number of nitrogens with zero attached hydrogens (tertiary/aromatic N) is 3. The van der Waals surface area contributed by atoms with E-state index in [1.165, 1.54) is 11.3 Å². The van der Waals surface area contributed by atoms with Crippen LogP contribution in [0.25, 0.3) is 0 Å². The Morgan fingerprint density at radius 3 is 2.45 bits per heavy atom. The summed E-state index contributed by atoms with van der Waals surface area (Å²) in [7, 11) is 4.78. The Balaban J connectivity index is 2.12. The second-order valence-electron chi connectivity index (χ2n) is 11.7. The molecule has 0 aromatic carbocycles. The summed E-state index contributed by atoms with van der Waals surface area (Å²) >= 11 is 1.47. The van der Waals surface area contributed by atoms with Crippen molar-refractivity contribution in [1.29, 1.82) is 0 Å². The summed E-state index contributed by atoms with van der Waals surface area (Å²) < 4.78 is 11.7. The summed E-state index contributed by atoms with van der Waals surface area (Å²) in [5, 5.41) is 8.20. The van der Waals surface area contributed by atoms with Crippen LogP contribution in [0.1, 0.15) is 65.3 Å². The molecule has 0 spiro atoms. The van der Waals surface area contributed by atoms with Crippen molar-refractivity contribution in [2.45, 2.75) is 96.7 Å². The van der Waals surface area contributed by atoms with Gasteiger partial charge in [0.2, 0.25) is 23.6 Å². The van der Waals surface area contributed by atoms with Crippen molar-refractivity contribution >= 4 is 35.0 Å². The van der Waals surface area contributed by atoms with Crippen LogP contribution in [0.15, 0.2) is 11.6 Å². The molecule has 13 heteroatoms. The van der Waals surface area contributed by atoms with E-state index in [0.717, 1.165) is 24.3 Å². The first-order valence-corrected chi connectivity index (χ1v) is 15.5. The van der Waals surface area contributed by atoms with Crippen LogP contribution in [-0.4, -0.2) is 103 Å². The molecule has 1 aromatic heterocycles. The third-order valence-electron chi connectivity index (χ3n) is 8.19. The lowest BCUT2D eigenvalue weighted by molar-refractivity contribution is -0.145. The van der Waals surface area contributed by atoms with Crippen LogP contribution in [0.2, 0.25) is 0 Å². The highest BCUT2D eigenvalue weighted by atomic mass is 32.1. The molecule has 1 fully saturated rings. The van der Waals surface area contributed by atoms with Gasteiger partial charge in [-0.1, -0.05) is 27.2 Å². The number of rotatable bonds is 16. The fraction of sp³-hybridized carbons (Fsp3) is 0.759. The molecule has 42 heavy (non-hydrogen) atoms. The summed E-state index contributed by atoms with van der Waals surface area (Å²) in [4.78, 5) is 59.6. The first-order valence-electron chi connectivity index (χ1n) is 14.6. The van der Waals surface area contributed by atoms with Crippen LogP contribution < -0.4 is 16.4 Å². The largest absolute Gasteiger partial charge is 0.379 e. The molecule has 0 unspecified atom stereocenters. The van der Waals surface area contributed by atoms with Crippen molar-refractivity contribution in [3.63, 3.8) is 0 Å². The second kappa shape index (κ2) is 16.3. The number of hydrogen-bond donors (Lipinski definition) is 3. The molecule has 12 nitrogen and oxygen atoms in total. The molecule has 0 bridgehead atoms. The zero-order valence-corrected chi connectivity index (χ0v) is 27.2. The lowest BCUT2D eigenvalue weighted by atomic mass is 9.90. The summed E-state index contributed by atoms with van der Waals surface area (Å²) in [6.07, 6.45) is 2.96. The summed E-state index contributed by atoms with van der Waals surface area (Å²) in [5.74, 6) is -1.48. The molecule has 6 atom stereocenters. The topological polar surface area (TPSA) is 156 Å². The van der Waals surface area contributed by atoms with E-state index in [-0.39, 0.29) is 42.6 Å². The number of carbonyl (C=O) groups is 4. The van der Waals surface area contributed by atoms with Gasteiger partial charge < -0.3 is 35.6 Å². The van der Waals surface area contributed by atoms with E-state index in [0.29, 0.717) is 13.1 Å². The number of hydrogen-bond acceptors (Lipinski definition) is 9. The minimum atomic E-state index is -1.11. The van der Waals surface area contributed by atoms with Gasteiger partial charge in [-0.3, -0.25) is 19.2 Å². The van der Waals surface area contributed by atoms with Crippen molar-refractivity contribution in [1.82, 2.24) is 25.4 Å². The number of aromatic nitrogens is 1. The molecule has 4 N–H and O–H groups in total. The van der Waals surface area contributed by atoms with Crippen LogP contribution in [0, 0.1) is 11.8 Å². The molecule has 2 heterocycles. The maximum Gasteiger partial charge on any atom is 0.242 e. The number of thiazole rings is 1.